The summed E-state index contributed by atoms with van der Waals surface area (Å²) in [4.78, 5) is 3.95. The maximum Gasteiger partial charge on any atom is 0.0949 e. The van der Waals surface area contributed by atoms with Crippen molar-refractivity contribution in [3.05, 3.63) is 18.7 Å². The van der Waals surface area contributed by atoms with Crippen molar-refractivity contribution in [1.29, 1.82) is 0 Å². The van der Waals surface area contributed by atoms with Crippen LogP contribution in [-0.4, -0.2) is 20.8 Å². The van der Waals surface area contributed by atoms with Crippen molar-refractivity contribution in [1.82, 2.24) is 9.55 Å². The number of aromatic nitrogens is 2. The molecule has 3 nitrogen and oxygen atoms in total. The van der Waals surface area contributed by atoms with Crippen LogP contribution in [0.4, 0.5) is 0 Å². The third-order valence-corrected chi connectivity index (χ3v) is 2.35. The summed E-state index contributed by atoms with van der Waals surface area (Å²) in [6.07, 6.45) is 8.43. The van der Waals surface area contributed by atoms with Crippen molar-refractivity contribution in [3.63, 3.8) is 0 Å². The molecule has 11 heavy (non-hydrogen) atoms. The Bertz CT molecular complexity index is 220. The Hall–Kier alpha value is -0.830. The van der Waals surface area contributed by atoms with Gasteiger partial charge in [-0.05, 0) is 19.3 Å². The van der Waals surface area contributed by atoms with Gasteiger partial charge >= 0.3 is 0 Å². The Morgan fingerprint density at radius 2 is 2.36 bits per heavy atom. The number of rotatable bonds is 1. The second kappa shape index (κ2) is 2.66. The fourth-order valence-corrected chi connectivity index (χ4v) is 1.73. The lowest BCUT2D eigenvalue weighted by atomic mass is 10.2. The molecule has 1 aromatic rings. The summed E-state index contributed by atoms with van der Waals surface area (Å²) in [5, 5.41) is 9.51. The summed E-state index contributed by atoms with van der Waals surface area (Å²) in [5.74, 6) is 0. The minimum absolute atomic E-state index is 0.163. The molecule has 0 amide bonds. The molecule has 0 bridgehead atoms. The summed E-state index contributed by atoms with van der Waals surface area (Å²) in [7, 11) is 0. The second-order valence-electron chi connectivity index (χ2n) is 3.08. The van der Waals surface area contributed by atoms with Crippen molar-refractivity contribution in [3.8, 4) is 0 Å². The SMILES string of the molecule is OC1CCCC1n1ccnc1. The van der Waals surface area contributed by atoms with E-state index in [2.05, 4.69) is 4.98 Å². The molecule has 1 heterocycles. The van der Waals surface area contributed by atoms with Crippen LogP contribution in [0.2, 0.25) is 0 Å². The minimum atomic E-state index is -0.163. The topological polar surface area (TPSA) is 38.0 Å². The Balaban J connectivity index is 2.16. The Kier molecular flexibility index (Phi) is 1.66. The largest absolute Gasteiger partial charge is 0.391 e. The van der Waals surface area contributed by atoms with E-state index in [4.69, 9.17) is 0 Å². The van der Waals surface area contributed by atoms with Crippen LogP contribution < -0.4 is 0 Å². The van der Waals surface area contributed by atoms with Gasteiger partial charge in [0, 0.05) is 12.4 Å². The van der Waals surface area contributed by atoms with Crippen LogP contribution in [0.15, 0.2) is 18.7 Å². The first kappa shape index (κ1) is 6.85. The van der Waals surface area contributed by atoms with E-state index in [9.17, 15) is 5.11 Å². The summed E-state index contributed by atoms with van der Waals surface area (Å²) < 4.78 is 2.00. The predicted molar refractivity (Wildman–Crippen MR) is 41.1 cm³/mol. The van der Waals surface area contributed by atoms with Gasteiger partial charge in [-0.3, -0.25) is 0 Å². The van der Waals surface area contributed by atoms with Crippen molar-refractivity contribution in [2.45, 2.75) is 31.4 Å². The Morgan fingerprint density at radius 1 is 1.45 bits per heavy atom. The van der Waals surface area contributed by atoms with Crippen LogP contribution in [0.3, 0.4) is 0 Å². The molecule has 0 saturated heterocycles. The van der Waals surface area contributed by atoms with Crippen LogP contribution in [-0.2, 0) is 0 Å². The first-order valence-corrected chi connectivity index (χ1v) is 4.03. The van der Waals surface area contributed by atoms with Crippen LogP contribution in [0, 0.1) is 0 Å². The molecule has 0 spiro atoms. The van der Waals surface area contributed by atoms with Crippen molar-refractivity contribution in [2.75, 3.05) is 0 Å². The smallest absolute Gasteiger partial charge is 0.0949 e. The lowest BCUT2D eigenvalue weighted by molar-refractivity contribution is 0.136. The average Bonchev–Trinajstić information content (AvgIpc) is 2.55. The molecule has 1 aromatic heterocycles. The Labute approximate surface area is 65.7 Å². The zero-order valence-electron chi connectivity index (χ0n) is 6.35. The highest BCUT2D eigenvalue weighted by Gasteiger charge is 2.25. The summed E-state index contributed by atoms with van der Waals surface area (Å²) >= 11 is 0. The third kappa shape index (κ3) is 1.16. The van der Waals surface area contributed by atoms with Crippen LogP contribution in [0.1, 0.15) is 25.3 Å². The van der Waals surface area contributed by atoms with Gasteiger partial charge in [-0.15, -0.1) is 0 Å². The molecule has 0 aliphatic heterocycles. The minimum Gasteiger partial charge on any atom is -0.391 e. The number of hydrogen-bond acceptors (Lipinski definition) is 2. The molecule has 1 saturated carbocycles. The van der Waals surface area contributed by atoms with Gasteiger partial charge in [0.05, 0.1) is 18.5 Å². The van der Waals surface area contributed by atoms with E-state index in [1.807, 2.05) is 10.8 Å². The van der Waals surface area contributed by atoms with E-state index in [-0.39, 0.29) is 12.1 Å². The number of aliphatic hydroxyl groups excluding tert-OH is 1. The molecule has 1 fully saturated rings. The van der Waals surface area contributed by atoms with Crippen molar-refractivity contribution >= 4 is 0 Å². The first-order chi connectivity index (χ1) is 5.38. The average molecular weight is 152 g/mol. The van der Waals surface area contributed by atoms with Gasteiger partial charge in [-0.2, -0.15) is 0 Å². The van der Waals surface area contributed by atoms with E-state index in [1.165, 1.54) is 0 Å². The molecular formula is C8H12N2O. The van der Waals surface area contributed by atoms with Crippen LogP contribution in [0.5, 0.6) is 0 Å². The zero-order valence-corrected chi connectivity index (χ0v) is 6.35. The monoisotopic (exact) mass is 152 g/mol. The highest BCUT2D eigenvalue weighted by molar-refractivity contribution is 4.87. The van der Waals surface area contributed by atoms with Gasteiger partial charge < -0.3 is 9.67 Å². The van der Waals surface area contributed by atoms with E-state index >= 15 is 0 Å². The van der Waals surface area contributed by atoms with E-state index in [0.29, 0.717) is 0 Å². The lowest BCUT2D eigenvalue weighted by Gasteiger charge is -2.14. The standard InChI is InChI=1S/C8H12N2O/c11-8-3-1-2-7(8)10-5-4-9-6-10/h4-8,11H,1-3H2. The van der Waals surface area contributed by atoms with Crippen LogP contribution >= 0.6 is 0 Å². The Morgan fingerprint density at radius 3 is 2.91 bits per heavy atom. The molecule has 2 rings (SSSR count). The fraction of sp³-hybridized carbons (Fsp3) is 0.625. The molecule has 2 unspecified atom stereocenters. The third-order valence-electron chi connectivity index (χ3n) is 2.35. The summed E-state index contributed by atoms with van der Waals surface area (Å²) in [6.45, 7) is 0. The number of nitrogens with zero attached hydrogens (tertiary/aromatic N) is 2. The number of aliphatic hydroxyl groups is 1. The summed E-state index contributed by atoms with van der Waals surface area (Å²) in [6, 6.07) is 0.275. The molecule has 0 aromatic carbocycles. The van der Waals surface area contributed by atoms with E-state index in [0.717, 1.165) is 19.3 Å². The highest BCUT2D eigenvalue weighted by Crippen LogP contribution is 2.29. The lowest BCUT2D eigenvalue weighted by Crippen LogP contribution is -2.16. The van der Waals surface area contributed by atoms with E-state index in [1.54, 1.807) is 12.5 Å². The maximum absolute atomic E-state index is 9.51. The van der Waals surface area contributed by atoms with E-state index < -0.39 is 0 Å². The van der Waals surface area contributed by atoms with Gasteiger partial charge in [-0.1, -0.05) is 0 Å². The predicted octanol–water partition coefficient (Wildman–Crippen LogP) is 0.969. The molecule has 3 heteroatoms. The van der Waals surface area contributed by atoms with Gasteiger partial charge in [0.15, 0.2) is 0 Å². The quantitative estimate of drug-likeness (QED) is 0.651. The first-order valence-electron chi connectivity index (χ1n) is 4.03. The molecule has 2 atom stereocenters. The second-order valence-corrected chi connectivity index (χ2v) is 3.08. The molecule has 1 N–H and O–H groups in total. The van der Waals surface area contributed by atoms with Gasteiger partial charge in [-0.25, -0.2) is 4.98 Å². The molecule has 1 aliphatic rings. The molecular weight excluding hydrogens is 140 g/mol. The number of imidazole rings is 1. The molecule has 1 aliphatic carbocycles. The fourth-order valence-electron chi connectivity index (χ4n) is 1.73. The van der Waals surface area contributed by atoms with Gasteiger partial charge in [0.2, 0.25) is 0 Å². The molecule has 60 valence electrons. The van der Waals surface area contributed by atoms with Gasteiger partial charge in [0.1, 0.15) is 0 Å². The molecule has 0 radical (unpaired) electrons. The number of hydrogen-bond donors (Lipinski definition) is 1. The normalized spacial score (nSPS) is 31.0. The highest BCUT2D eigenvalue weighted by atomic mass is 16.3. The van der Waals surface area contributed by atoms with Crippen molar-refractivity contribution in [2.24, 2.45) is 0 Å². The van der Waals surface area contributed by atoms with Crippen LogP contribution in [0.25, 0.3) is 0 Å². The summed E-state index contributed by atoms with van der Waals surface area (Å²) in [5.41, 5.74) is 0. The van der Waals surface area contributed by atoms with Gasteiger partial charge in [0.25, 0.3) is 0 Å². The zero-order chi connectivity index (χ0) is 7.68. The maximum atomic E-state index is 9.51. The van der Waals surface area contributed by atoms with Crippen molar-refractivity contribution < 1.29 is 5.11 Å².